The average Bonchev–Trinajstić information content (AvgIpc) is 2.28. The summed E-state index contributed by atoms with van der Waals surface area (Å²) in [5, 5.41) is 8.49. The Labute approximate surface area is 105 Å². The van der Waals surface area contributed by atoms with Gasteiger partial charge in [-0.3, -0.25) is 9.59 Å². The van der Waals surface area contributed by atoms with Gasteiger partial charge in [-0.1, -0.05) is 19.1 Å². The van der Waals surface area contributed by atoms with Crippen LogP contribution in [0.3, 0.4) is 0 Å². The van der Waals surface area contributed by atoms with Crippen LogP contribution in [0.4, 0.5) is 0 Å². The zero-order valence-electron chi connectivity index (χ0n) is 9.92. The number of ketones is 1. The molecule has 1 aromatic carbocycles. The van der Waals surface area contributed by atoms with Gasteiger partial charge < -0.3 is 5.11 Å². The van der Waals surface area contributed by atoms with Crippen molar-refractivity contribution in [3.63, 3.8) is 0 Å². The third-order valence-electron chi connectivity index (χ3n) is 2.33. The highest BCUT2D eigenvalue weighted by Gasteiger charge is 2.18. The van der Waals surface area contributed by atoms with E-state index in [9.17, 15) is 18.0 Å². The van der Waals surface area contributed by atoms with E-state index in [4.69, 9.17) is 5.11 Å². The number of carbonyl (C=O) groups excluding carboxylic acids is 1. The van der Waals surface area contributed by atoms with Gasteiger partial charge in [0.15, 0.2) is 21.4 Å². The van der Waals surface area contributed by atoms with Crippen molar-refractivity contribution in [3.8, 4) is 0 Å². The molecular formula is C12H14O5S. The molecule has 0 saturated carbocycles. The van der Waals surface area contributed by atoms with E-state index in [0.717, 1.165) is 6.42 Å². The number of aliphatic carboxylic acids is 1. The maximum atomic E-state index is 11.6. The number of hydrogen-bond donors (Lipinski definition) is 1. The molecule has 18 heavy (non-hydrogen) atoms. The largest absolute Gasteiger partial charge is 0.480 e. The maximum Gasteiger partial charge on any atom is 0.319 e. The van der Waals surface area contributed by atoms with Crippen molar-refractivity contribution in [1.29, 1.82) is 0 Å². The standard InChI is InChI=1S/C12H14O5S/c1-2-3-11(13)9-4-6-10(7-5-9)18(16,17)8-12(14)15/h4-7H,2-3,8H2,1H3,(H,14,15). The lowest BCUT2D eigenvalue weighted by Gasteiger charge is -2.03. The highest BCUT2D eigenvalue weighted by Crippen LogP contribution is 2.14. The number of rotatable bonds is 6. The molecule has 0 aliphatic rings. The summed E-state index contributed by atoms with van der Waals surface area (Å²) in [6.07, 6.45) is 1.12. The van der Waals surface area contributed by atoms with E-state index in [-0.39, 0.29) is 10.7 Å². The van der Waals surface area contributed by atoms with Gasteiger partial charge in [0, 0.05) is 12.0 Å². The molecule has 0 aliphatic carbocycles. The number of carboxylic acids is 1. The Morgan fingerprint density at radius 2 is 1.72 bits per heavy atom. The minimum absolute atomic E-state index is 0.0558. The van der Waals surface area contributed by atoms with Gasteiger partial charge >= 0.3 is 5.97 Å². The molecule has 0 radical (unpaired) electrons. The first-order valence-electron chi connectivity index (χ1n) is 5.44. The highest BCUT2D eigenvalue weighted by molar-refractivity contribution is 7.92. The van der Waals surface area contributed by atoms with Crippen molar-refractivity contribution < 1.29 is 23.1 Å². The normalized spacial score (nSPS) is 11.2. The SMILES string of the molecule is CCCC(=O)c1ccc(S(=O)(=O)CC(=O)O)cc1. The summed E-state index contributed by atoms with van der Waals surface area (Å²) in [5.74, 6) is -2.41. The number of benzene rings is 1. The van der Waals surface area contributed by atoms with Gasteiger partial charge in [0.25, 0.3) is 0 Å². The second-order valence-electron chi connectivity index (χ2n) is 3.85. The molecule has 0 unspecified atom stereocenters. The number of carboxylic acid groups (broad SMARTS) is 1. The minimum Gasteiger partial charge on any atom is -0.480 e. The van der Waals surface area contributed by atoms with Crippen molar-refractivity contribution in [3.05, 3.63) is 29.8 Å². The second kappa shape index (κ2) is 5.77. The summed E-state index contributed by atoms with van der Waals surface area (Å²) < 4.78 is 23.2. The Kier molecular flexibility index (Phi) is 4.61. The summed E-state index contributed by atoms with van der Waals surface area (Å²) in [6.45, 7) is 1.88. The molecule has 0 atom stereocenters. The van der Waals surface area contributed by atoms with E-state index in [2.05, 4.69) is 0 Å². The number of Topliss-reactive ketones (excluding diaryl/α,β-unsaturated/α-hetero) is 1. The molecule has 0 fully saturated rings. The van der Waals surface area contributed by atoms with Crippen LogP contribution < -0.4 is 0 Å². The van der Waals surface area contributed by atoms with Gasteiger partial charge in [-0.2, -0.15) is 0 Å². The first kappa shape index (κ1) is 14.4. The molecule has 0 saturated heterocycles. The molecular weight excluding hydrogens is 256 g/mol. The van der Waals surface area contributed by atoms with Gasteiger partial charge in [-0.25, -0.2) is 8.42 Å². The number of sulfone groups is 1. The molecule has 0 aromatic heterocycles. The van der Waals surface area contributed by atoms with Gasteiger partial charge in [0.2, 0.25) is 0 Å². The van der Waals surface area contributed by atoms with Gasteiger partial charge in [0.1, 0.15) is 0 Å². The predicted molar refractivity (Wildman–Crippen MR) is 65.4 cm³/mol. The summed E-state index contributed by atoms with van der Waals surface area (Å²) in [4.78, 5) is 21.9. The van der Waals surface area contributed by atoms with Crippen molar-refractivity contribution in [2.45, 2.75) is 24.7 Å². The molecule has 5 nitrogen and oxygen atoms in total. The first-order chi connectivity index (χ1) is 8.36. The highest BCUT2D eigenvalue weighted by atomic mass is 32.2. The molecule has 1 N–H and O–H groups in total. The zero-order chi connectivity index (χ0) is 13.8. The molecule has 0 bridgehead atoms. The van der Waals surface area contributed by atoms with Crippen LogP contribution in [0.1, 0.15) is 30.1 Å². The van der Waals surface area contributed by atoms with E-state index in [1.54, 1.807) is 0 Å². The lowest BCUT2D eigenvalue weighted by atomic mass is 10.1. The Hall–Kier alpha value is -1.69. The third kappa shape index (κ3) is 3.66. The fraction of sp³-hybridized carbons (Fsp3) is 0.333. The van der Waals surface area contributed by atoms with E-state index in [0.29, 0.717) is 12.0 Å². The second-order valence-corrected chi connectivity index (χ2v) is 5.84. The molecule has 0 heterocycles. The topological polar surface area (TPSA) is 88.5 Å². The lowest BCUT2D eigenvalue weighted by molar-refractivity contribution is -0.134. The molecule has 1 rings (SSSR count). The predicted octanol–water partition coefficient (Wildman–Crippen LogP) is 1.53. The van der Waals surface area contributed by atoms with Gasteiger partial charge in [0.05, 0.1) is 4.90 Å². The Balaban J connectivity index is 2.96. The van der Waals surface area contributed by atoms with Crippen LogP contribution in [0.2, 0.25) is 0 Å². The fourth-order valence-electron chi connectivity index (χ4n) is 1.47. The Bertz CT molecular complexity index is 542. The van der Waals surface area contributed by atoms with Crippen molar-refractivity contribution in [1.82, 2.24) is 0 Å². The third-order valence-corrected chi connectivity index (χ3v) is 3.94. The first-order valence-corrected chi connectivity index (χ1v) is 7.10. The smallest absolute Gasteiger partial charge is 0.319 e. The molecule has 0 amide bonds. The van der Waals surface area contributed by atoms with E-state index in [1.807, 2.05) is 6.92 Å². The fourth-order valence-corrected chi connectivity index (χ4v) is 2.51. The Morgan fingerprint density at radius 3 is 2.17 bits per heavy atom. The summed E-state index contributed by atoms with van der Waals surface area (Å²) in [5.41, 5.74) is 0.436. The molecule has 1 aromatic rings. The van der Waals surface area contributed by atoms with E-state index in [1.165, 1.54) is 24.3 Å². The van der Waals surface area contributed by atoms with Crippen LogP contribution in [0, 0.1) is 0 Å². The summed E-state index contributed by atoms with van der Waals surface area (Å²) >= 11 is 0. The minimum atomic E-state index is -3.83. The van der Waals surface area contributed by atoms with Crippen LogP contribution in [0.25, 0.3) is 0 Å². The zero-order valence-corrected chi connectivity index (χ0v) is 10.7. The van der Waals surface area contributed by atoms with Crippen LogP contribution in [0.5, 0.6) is 0 Å². The molecule has 6 heteroatoms. The molecule has 98 valence electrons. The van der Waals surface area contributed by atoms with Crippen LogP contribution in [0.15, 0.2) is 29.2 Å². The maximum absolute atomic E-state index is 11.6. The quantitative estimate of drug-likeness (QED) is 0.792. The van der Waals surface area contributed by atoms with Gasteiger partial charge in [-0.15, -0.1) is 0 Å². The lowest BCUT2D eigenvalue weighted by Crippen LogP contribution is -2.15. The van der Waals surface area contributed by atoms with E-state index >= 15 is 0 Å². The molecule has 0 aliphatic heterocycles. The Morgan fingerprint density at radius 1 is 1.17 bits per heavy atom. The van der Waals surface area contributed by atoms with Crippen molar-refractivity contribution >= 4 is 21.6 Å². The summed E-state index contributed by atoms with van der Waals surface area (Å²) in [6, 6.07) is 5.35. The van der Waals surface area contributed by atoms with Crippen LogP contribution >= 0.6 is 0 Å². The van der Waals surface area contributed by atoms with Crippen LogP contribution in [-0.2, 0) is 14.6 Å². The summed E-state index contributed by atoms with van der Waals surface area (Å²) in [7, 11) is -3.83. The van der Waals surface area contributed by atoms with Crippen molar-refractivity contribution in [2.24, 2.45) is 0 Å². The van der Waals surface area contributed by atoms with Crippen LogP contribution in [-0.4, -0.2) is 31.0 Å². The van der Waals surface area contributed by atoms with Crippen molar-refractivity contribution in [2.75, 3.05) is 5.75 Å². The van der Waals surface area contributed by atoms with E-state index < -0.39 is 21.6 Å². The molecule has 0 spiro atoms. The van der Waals surface area contributed by atoms with Gasteiger partial charge in [-0.05, 0) is 18.6 Å². The average molecular weight is 270 g/mol. The monoisotopic (exact) mass is 270 g/mol. The number of carbonyl (C=O) groups is 2. The number of hydrogen-bond acceptors (Lipinski definition) is 4.